The summed E-state index contributed by atoms with van der Waals surface area (Å²) in [6.07, 6.45) is 7.54. The van der Waals surface area contributed by atoms with Gasteiger partial charge >= 0.3 is 5.97 Å². The molecule has 4 nitrogen and oxygen atoms in total. The van der Waals surface area contributed by atoms with Crippen LogP contribution in [0.2, 0.25) is 0 Å². The molecule has 1 fully saturated rings. The second kappa shape index (κ2) is 11.4. The average molecular weight is 431 g/mol. The van der Waals surface area contributed by atoms with Gasteiger partial charge in [0.25, 0.3) is 0 Å². The second-order valence-corrected chi connectivity index (χ2v) is 8.23. The van der Waals surface area contributed by atoms with Crippen LogP contribution in [0.5, 0.6) is 11.5 Å². The molecular weight excluding hydrogens is 400 g/mol. The van der Waals surface area contributed by atoms with Crippen molar-refractivity contribution in [1.82, 2.24) is 0 Å². The monoisotopic (exact) mass is 430 g/mol. The molecule has 4 heteroatoms. The zero-order valence-electron chi connectivity index (χ0n) is 18.4. The predicted molar refractivity (Wildman–Crippen MR) is 125 cm³/mol. The van der Waals surface area contributed by atoms with E-state index in [0.29, 0.717) is 11.3 Å². The highest BCUT2D eigenvalue weighted by Gasteiger charge is 2.18. The van der Waals surface area contributed by atoms with Crippen molar-refractivity contribution < 1.29 is 19.0 Å². The third kappa shape index (κ3) is 6.61. The number of rotatable bonds is 9. The zero-order valence-corrected chi connectivity index (χ0v) is 18.4. The molecule has 4 rings (SSSR count). The van der Waals surface area contributed by atoms with Crippen LogP contribution in [-0.2, 0) is 17.6 Å². The first kappa shape index (κ1) is 21.9. The topological polar surface area (TPSA) is 44.8 Å². The molecule has 0 aromatic heterocycles. The Morgan fingerprint density at radius 1 is 0.688 bits per heavy atom. The third-order valence-corrected chi connectivity index (χ3v) is 5.84. The Kier molecular flexibility index (Phi) is 7.80. The first-order chi connectivity index (χ1) is 15.8. The van der Waals surface area contributed by atoms with Crippen molar-refractivity contribution in [3.05, 3.63) is 95.6 Å². The smallest absolute Gasteiger partial charge is 0.338 e. The van der Waals surface area contributed by atoms with Gasteiger partial charge in [-0.2, -0.15) is 0 Å². The number of esters is 1. The maximum absolute atomic E-state index is 12.3. The van der Waals surface area contributed by atoms with Crippen molar-refractivity contribution in [2.75, 3.05) is 6.79 Å². The van der Waals surface area contributed by atoms with Gasteiger partial charge in [-0.15, -0.1) is 0 Å². The lowest BCUT2D eigenvalue weighted by Crippen LogP contribution is -2.20. The molecule has 1 aliphatic carbocycles. The number of ether oxygens (including phenoxy) is 3. The lowest BCUT2D eigenvalue weighted by atomic mass is 9.98. The first-order valence-electron chi connectivity index (χ1n) is 11.5. The summed E-state index contributed by atoms with van der Waals surface area (Å²) in [5.74, 6) is 1.16. The van der Waals surface area contributed by atoms with E-state index in [0.717, 1.165) is 44.3 Å². The van der Waals surface area contributed by atoms with E-state index in [-0.39, 0.29) is 18.9 Å². The van der Waals surface area contributed by atoms with Crippen LogP contribution >= 0.6 is 0 Å². The average Bonchev–Trinajstić information content (AvgIpc) is 2.85. The van der Waals surface area contributed by atoms with Crippen LogP contribution in [0.1, 0.15) is 53.6 Å². The van der Waals surface area contributed by atoms with Crippen LogP contribution in [0.4, 0.5) is 0 Å². The van der Waals surface area contributed by atoms with Gasteiger partial charge in [0.05, 0.1) is 5.56 Å². The van der Waals surface area contributed by atoms with Gasteiger partial charge in [0.2, 0.25) is 6.79 Å². The van der Waals surface area contributed by atoms with E-state index in [4.69, 9.17) is 14.2 Å². The number of carbonyl (C=O) groups is 1. The minimum absolute atomic E-state index is 0.0605. The summed E-state index contributed by atoms with van der Waals surface area (Å²) in [6.45, 7) is 0.106. The lowest BCUT2D eigenvalue weighted by Gasteiger charge is -2.21. The second-order valence-electron chi connectivity index (χ2n) is 8.23. The summed E-state index contributed by atoms with van der Waals surface area (Å²) in [6, 6.07) is 25.6. The summed E-state index contributed by atoms with van der Waals surface area (Å²) < 4.78 is 17.0. The summed E-state index contributed by atoms with van der Waals surface area (Å²) in [5, 5.41) is 0. The van der Waals surface area contributed by atoms with Crippen molar-refractivity contribution in [1.29, 1.82) is 0 Å². The molecule has 0 aliphatic heterocycles. The van der Waals surface area contributed by atoms with Gasteiger partial charge in [-0.3, -0.25) is 0 Å². The standard InChI is InChI=1S/C28H30O4/c29-28(32-27-9-5-2-6-10-27)24-15-19-26(20-16-24)31-21-30-25-17-13-23(14-18-25)12-11-22-7-3-1-4-8-22/h1,3-4,7-8,13-20,27H,2,5-6,9-12,21H2. The van der Waals surface area contributed by atoms with E-state index in [1.807, 2.05) is 18.2 Å². The number of carbonyl (C=O) groups excluding carboxylic acids is 1. The molecule has 0 amide bonds. The van der Waals surface area contributed by atoms with Crippen LogP contribution < -0.4 is 9.47 Å². The highest BCUT2D eigenvalue weighted by molar-refractivity contribution is 5.89. The van der Waals surface area contributed by atoms with E-state index in [1.165, 1.54) is 17.5 Å². The quantitative estimate of drug-likeness (QED) is 0.292. The Hall–Kier alpha value is -3.27. The molecule has 0 saturated heterocycles. The first-order valence-corrected chi connectivity index (χ1v) is 11.5. The molecule has 0 atom stereocenters. The van der Waals surface area contributed by atoms with Crippen molar-refractivity contribution in [3.63, 3.8) is 0 Å². The van der Waals surface area contributed by atoms with Crippen molar-refractivity contribution >= 4 is 5.97 Å². The highest BCUT2D eigenvalue weighted by atomic mass is 16.7. The minimum Gasteiger partial charge on any atom is -0.459 e. The van der Waals surface area contributed by atoms with Crippen LogP contribution in [0, 0.1) is 0 Å². The summed E-state index contributed by atoms with van der Waals surface area (Å²) in [5.41, 5.74) is 3.17. The Labute approximate surface area is 190 Å². The summed E-state index contributed by atoms with van der Waals surface area (Å²) in [4.78, 5) is 12.3. The number of hydrogen-bond donors (Lipinski definition) is 0. The Bertz CT molecular complexity index is 959. The van der Waals surface area contributed by atoms with Gasteiger partial charge in [-0.25, -0.2) is 4.79 Å². The Morgan fingerprint density at radius 2 is 1.25 bits per heavy atom. The molecule has 3 aromatic rings. The SMILES string of the molecule is O=C(OC1CCCCC1)c1ccc(OCOc2ccc(CCc3ccccc3)cc2)cc1. The van der Waals surface area contributed by atoms with Gasteiger partial charge < -0.3 is 14.2 Å². The van der Waals surface area contributed by atoms with E-state index < -0.39 is 0 Å². The van der Waals surface area contributed by atoms with Crippen LogP contribution in [0.15, 0.2) is 78.9 Å². The predicted octanol–water partition coefficient (Wildman–Crippen LogP) is 6.38. The van der Waals surface area contributed by atoms with Crippen molar-refractivity contribution in [3.8, 4) is 11.5 Å². The van der Waals surface area contributed by atoms with Gasteiger partial charge in [0.1, 0.15) is 17.6 Å². The van der Waals surface area contributed by atoms with Gasteiger partial charge in [0.15, 0.2) is 0 Å². The maximum Gasteiger partial charge on any atom is 0.338 e. The van der Waals surface area contributed by atoms with E-state index >= 15 is 0 Å². The van der Waals surface area contributed by atoms with Crippen LogP contribution in [0.25, 0.3) is 0 Å². The molecule has 0 spiro atoms. The van der Waals surface area contributed by atoms with E-state index in [9.17, 15) is 4.79 Å². The number of aryl methyl sites for hydroxylation is 2. The van der Waals surface area contributed by atoms with Gasteiger partial charge in [-0.1, -0.05) is 48.9 Å². The minimum atomic E-state index is -0.257. The van der Waals surface area contributed by atoms with E-state index in [1.54, 1.807) is 24.3 Å². The van der Waals surface area contributed by atoms with Crippen molar-refractivity contribution in [2.24, 2.45) is 0 Å². The fourth-order valence-electron chi connectivity index (χ4n) is 3.94. The Morgan fingerprint density at radius 3 is 1.88 bits per heavy atom. The van der Waals surface area contributed by atoms with Crippen LogP contribution in [0.3, 0.4) is 0 Å². The zero-order chi connectivity index (χ0) is 22.0. The molecule has 0 bridgehead atoms. The highest BCUT2D eigenvalue weighted by Crippen LogP contribution is 2.22. The molecule has 0 unspecified atom stereocenters. The number of hydrogen-bond acceptors (Lipinski definition) is 4. The fraction of sp³-hybridized carbons (Fsp3) is 0.321. The normalized spacial score (nSPS) is 14.0. The lowest BCUT2D eigenvalue weighted by molar-refractivity contribution is 0.0211. The third-order valence-electron chi connectivity index (χ3n) is 5.84. The molecule has 3 aromatic carbocycles. The fourth-order valence-corrected chi connectivity index (χ4v) is 3.94. The molecule has 0 heterocycles. The van der Waals surface area contributed by atoms with E-state index in [2.05, 4.69) is 36.4 Å². The summed E-state index contributed by atoms with van der Waals surface area (Å²) in [7, 11) is 0. The molecule has 166 valence electrons. The molecule has 1 saturated carbocycles. The Balaban J connectivity index is 1.19. The van der Waals surface area contributed by atoms with Gasteiger partial charge in [-0.05, 0) is 86.1 Å². The maximum atomic E-state index is 12.3. The molecule has 0 radical (unpaired) electrons. The molecule has 1 aliphatic rings. The van der Waals surface area contributed by atoms with Gasteiger partial charge in [0, 0.05) is 0 Å². The van der Waals surface area contributed by atoms with Crippen LogP contribution in [-0.4, -0.2) is 18.9 Å². The molecular formula is C28H30O4. The molecule has 32 heavy (non-hydrogen) atoms. The molecule has 0 N–H and O–H groups in total. The largest absolute Gasteiger partial charge is 0.459 e. The van der Waals surface area contributed by atoms with Crippen molar-refractivity contribution in [2.45, 2.75) is 51.0 Å². The summed E-state index contributed by atoms with van der Waals surface area (Å²) >= 11 is 0. The number of benzene rings is 3.